The number of likely N-dealkylation sites (tertiary alicyclic amines) is 1. The van der Waals surface area contributed by atoms with Crippen LogP contribution < -0.4 is 10.6 Å². The van der Waals surface area contributed by atoms with E-state index in [0.29, 0.717) is 24.2 Å². The van der Waals surface area contributed by atoms with Crippen LogP contribution in [0.5, 0.6) is 0 Å². The van der Waals surface area contributed by atoms with E-state index >= 15 is 0 Å². The van der Waals surface area contributed by atoms with Crippen molar-refractivity contribution < 1.29 is 9.59 Å². The number of carbonyl (C=O) groups excluding carboxylic acids is 2. The third-order valence-corrected chi connectivity index (χ3v) is 5.45. The molecule has 0 atom stereocenters. The van der Waals surface area contributed by atoms with Crippen LogP contribution in [-0.4, -0.2) is 73.4 Å². The summed E-state index contributed by atoms with van der Waals surface area (Å²) < 4.78 is 0. The maximum absolute atomic E-state index is 12.4. The van der Waals surface area contributed by atoms with Gasteiger partial charge in [0.1, 0.15) is 0 Å². The van der Waals surface area contributed by atoms with Gasteiger partial charge in [-0.1, -0.05) is 25.0 Å². The standard InChI is InChI=1S/C22H33N5O2/c1-2-23-22(24-12-9-16-26-14-7-3-4-8-15-26)25-13-17-27-20(28)18-10-5-6-11-19(18)21(27)29/h5-6,10-11H,2-4,7-9,12-17H2,1H3,(H2,23,24,25). The monoisotopic (exact) mass is 399 g/mol. The van der Waals surface area contributed by atoms with Gasteiger partial charge in [0.05, 0.1) is 11.1 Å². The van der Waals surface area contributed by atoms with Crippen LogP contribution in [0.4, 0.5) is 0 Å². The molecule has 1 aromatic carbocycles. The van der Waals surface area contributed by atoms with E-state index in [4.69, 9.17) is 0 Å². The van der Waals surface area contributed by atoms with Gasteiger partial charge >= 0.3 is 0 Å². The van der Waals surface area contributed by atoms with Gasteiger partial charge in [-0.05, 0) is 58.0 Å². The molecule has 7 heteroatoms. The number of guanidine groups is 1. The van der Waals surface area contributed by atoms with Crippen molar-refractivity contribution in [3.05, 3.63) is 35.4 Å². The first-order valence-corrected chi connectivity index (χ1v) is 10.9. The molecule has 29 heavy (non-hydrogen) atoms. The third-order valence-electron chi connectivity index (χ3n) is 5.45. The van der Waals surface area contributed by atoms with Gasteiger partial charge in [-0.3, -0.25) is 19.5 Å². The Labute approximate surface area is 173 Å². The SMILES string of the molecule is CCNC(=NCCCN1CCCCCC1)NCCN1C(=O)c2ccccc2C1=O. The van der Waals surface area contributed by atoms with Gasteiger partial charge in [-0.2, -0.15) is 0 Å². The van der Waals surface area contributed by atoms with Crippen LogP contribution in [-0.2, 0) is 0 Å². The molecule has 0 spiro atoms. The van der Waals surface area contributed by atoms with E-state index in [-0.39, 0.29) is 11.8 Å². The molecule has 0 saturated carbocycles. The van der Waals surface area contributed by atoms with Crippen LogP contribution in [0.3, 0.4) is 0 Å². The molecule has 1 fully saturated rings. The van der Waals surface area contributed by atoms with Crippen molar-refractivity contribution >= 4 is 17.8 Å². The predicted octanol–water partition coefficient (Wildman–Crippen LogP) is 2.10. The quantitative estimate of drug-likeness (QED) is 0.303. The summed E-state index contributed by atoms with van der Waals surface area (Å²) in [6.07, 6.45) is 6.37. The number of fused-ring (bicyclic) bond motifs is 1. The molecule has 0 bridgehead atoms. The minimum absolute atomic E-state index is 0.216. The molecular weight excluding hydrogens is 366 g/mol. The largest absolute Gasteiger partial charge is 0.357 e. The number of amides is 2. The highest BCUT2D eigenvalue weighted by Crippen LogP contribution is 2.21. The number of aliphatic imine (C=N–C) groups is 1. The Hall–Kier alpha value is -2.41. The summed E-state index contributed by atoms with van der Waals surface area (Å²) in [7, 11) is 0. The molecule has 2 aliphatic heterocycles. The van der Waals surface area contributed by atoms with Gasteiger partial charge in [0.25, 0.3) is 11.8 Å². The van der Waals surface area contributed by atoms with E-state index in [0.717, 1.165) is 32.0 Å². The van der Waals surface area contributed by atoms with Crippen molar-refractivity contribution in [2.24, 2.45) is 4.99 Å². The Morgan fingerprint density at radius 2 is 1.62 bits per heavy atom. The van der Waals surface area contributed by atoms with Crippen LogP contribution >= 0.6 is 0 Å². The zero-order chi connectivity index (χ0) is 20.5. The first-order chi connectivity index (χ1) is 14.2. The number of rotatable bonds is 8. The molecule has 3 rings (SSSR count). The molecule has 0 unspecified atom stereocenters. The number of benzene rings is 1. The highest BCUT2D eigenvalue weighted by molar-refractivity contribution is 6.21. The number of nitrogens with one attached hydrogen (secondary N) is 2. The minimum Gasteiger partial charge on any atom is -0.357 e. The molecule has 2 heterocycles. The van der Waals surface area contributed by atoms with Crippen molar-refractivity contribution in [3.8, 4) is 0 Å². The lowest BCUT2D eigenvalue weighted by molar-refractivity contribution is 0.0657. The summed E-state index contributed by atoms with van der Waals surface area (Å²) in [4.78, 5) is 33.3. The predicted molar refractivity (Wildman–Crippen MR) is 115 cm³/mol. The maximum Gasteiger partial charge on any atom is 0.261 e. The van der Waals surface area contributed by atoms with E-state index in [2.05, 4.69) is 20.5 Å². The highest BCUT2D eigenvalue weighted by Gasteiger charge is 2.34. The third kappa shape index (κ3) is 5.79. The molecule has 2 aliphatic rings. The molecule has 2 amide bonds. The number of nitrogens with zero attached hydrogens (tertiary/aromatic N) is 3. The summed E-state index contributed by atoms with van der Waals surface area (Å²) >= 11 is 0. The second-order valence-electron chi connectivity index (χ2n) is 7.60. The van der Waals surface area contributed by atoms with Gasteiger partial charge < -0.3 is 15.5 Å². The second-order valence-corrected chi connectivity index (χ2v) is 7.60. The van der Waals surface area contributed by atoms with Gasteiger partial charge in [0.15, 0.2) is 5.96 Å². The topological polar surface area (TPSA) is 77.0 Å². The fourth-order valence-electron chi connectivity index (χ4n) is 3.92. The summed E-state index contributed by atoms with van der Waals surface area (Å²) in [5, 5.41) is 6.48. The number of imide groups is 1. The normalized spacial score (nSPS) is 18.0. The van der Waals surface area contributed by atoms with Crippen molar-refractivity contribution in [2.75, 3.05) is 45.8 Å². The fourth-order valence-corrected chi connectivity index (χ4v) is 3.92. The second kappa shape index (κ2) is 11.0. The average Bonchev–Trinajstić information content (AvgIpc) is 2.90. The van der Waals surface area contributed by atoms with E-state index in [1.165, 1.54) is 43.7 Å². The number of hydrogen-bond donors (Lipinski definition) is 2. The van der Waals surface area contributed by atoms with Crippen molar-refractivity contribution in [2.45, 2.75) is 39.0 Å². The fraction of sp³-hybridized carbons (Fsp3) is 0.591. The molecular formula is C22H33N5O2. The minimum atomic E-state index is -0.216. The molecule has 0 aliphatic carbocycles. The molecule has 1 saturated heterocycles. The lowest BCUT2D eigenvalue weighted by Crippen LogP contribution is -2.43. The Bertz CT molecular complexity index is 691. The zero-order valence-corrected chi connectivity index (χ0v) is 17.5. The van der Waals surface area contributed by atoms with Gasteiger partial charge in [-0.15, -0.1) is 0 Å². The highest BCUT2D eigenvalue weighted by atomic mass is 16.2. The molecule has 1 aromatic rings. The van der Waals surface area contributed by atoms with Crippen LogP contribution in [0.1, 0.15) is 59.7 Å². The first kappa shape index (κ1) is 21.3. The van der Waals surface area contributed by atoms with E-state index in [1.54, 1.807) is 24.3 Å². The van der Waals surface area contributed by atoms with Gasteiger partial charge in [0, 0.05) is 26.2 Å². The van der Waals surface area contributed by atoms with E-state index in [1.807, 2.05) is 6.92 Å². The van der Waals surface area contributed by atoms with E-state index < -0.39 is 0 Å². The lowest BCUT2D eigenvalue weighted by Gasteiger charge is -2.19. The van der Waals surface area contributed by atoms with Crippen molar-refractivity contribution in [3.63, 3.8) is 0 Å². The number of hydrogen-bond acceptors (Lipinski definition) is 4. The summed E-state index contributed by atoms with van der Waals surface area (Å²) in [6.45, 7) is 7.87. The Morgan fingerprint density at radius 3 is 2.24 bits per heavy atom. The molecule has 0 aromatic heterocycles. The van der Waals surface area contributed by atoms with Crippen molar-refractivity contribution in [1.29, 1.82) is 0 Å². The smallest absolute Gasteiger partial charge is 0.261 e. The van der Waals surface area contributed by atoms with Crippen LogP contribution in [0.15, 0.2) is 29.3 Å². The summed E-state index contributed by atoms with van der Waals surface area (Å²) in [5.74, 6) is 0.304. The average molecular weight is 400 g/mol. The molecule has 0 radical (unpaired) electrons. The van der Waals surface area contributed by atoms with Crippen LogP contribution in [0.25, 0.3) is 0 Å². The molecule has 2 N–H and O–H groups in total. The van der Waals surface area contributed by atoms with E-state index in [9.17, 15) is 9.59 Å². The van der Waals surface area contributed by atoms with Crippen LogP contribution in [0.2, 0.25) is 0 Å². The summed E-state index contributed by atoms with van der Waals surface area (Å²) in [6, 6.07) is 6.98. The van der Waals surface area contributed by atoms with Gasteiger partial charge in [0.2, 0.25) is 0 Å². The Morgan fingerprint density at radius 1 is 0.966 bits per heavy atom. The Kier molecular flexibility index (Phi) is 8.04. The Balaban J connectivity index is 1.43. The van der Waals surface area contributed by atoms with Gasteiger partial charge in [-0.25, -0.2) is 0 Å². The molecule has 158 valence electrons. The first-order valence-electron chi connectivity index (χ1n) is 10.9. The van der Waals surface area contributed by atoms with Crippen molar-refractivity contribution in [1.82, 2.24) is 20.4 Å². The lowest BCUT2D eigenvalue weighted by atomic mass is 10.1. The molecule has 7 nitrogen and oxygen atoms in total. The summed E-state index contributed by atoms with van der Waals surface area (Å²) in [5.41, 5.74) is 0.984. The number of carbonyl (C=O) groups is 2. The maximum atomic E-state index is 12.4. The zero-order valence-electron chi connectivity index (χ0n) is 17.5. The van der Waals surface area contributed by atoms with Crippen LogP contribution in [0, 0.1) is 0 Å².